The molecule has 0 bridgehead atoms. The summed E-state index contributed by atoms with van der Waals surface area (Å²) in [5.41, 5.74) is 1.25. The Hall–Kier alpha value is -2.10. The van der Waals surface area contributed by atoms with E-state index in [2.05, 4.69) is 0 Å². The number of fused-ring (bicyclic) bond motifs is 1. The van der Waals surface area contributed by atoms with Crippen LogP contribution in [0.5, 0.6) is 0 Å². The molecule has 0 fully saturated rings. The standard InChI is InChI=1S/C12H11NO3/c1-2-16-12(15)13-7-6-10-9(8-14)4-3-5-11(10)13/h3-8H,2H2,1H3. The molecule has 0 radical (unpaired) electrons. The van der Waals surface area contributed by atoms with Crippen LogP contribution in [0.2, 0.25) is 0 Å². The maximum Gasteiger partial charge on any atom is 0.418 e. The molecule has 0 spiro atoms. The van der Waals surface area contributed by atoms with Gasteiger partial charge in [0.1, 0.15) is 0 Å². The lowest BCUT2D eigenvalue weighted by molar-refractivity contribution is 0.112. The number of hydrogen-bond donors (Lipinski definition) is 0. The van der Waals surface area contributed by atoms with Crippen molar-refractivity contribution in [3.63, 3.8) is 0 Å². The van der Waals surface area contributed by atoms with Gasteiger partial charge in [0.05, 0.1) is 12.1 Å². The lowest BCUT2D eigenvalue weighted by atomic mass is 10.1. The highest BCUT2D eigenvalue weighted by Crippen LogP contribution is 2.19. The molecule has 4 nitrogen and oxygen atoms in total. The van der Waals surface area contributed by atoms with Crippen LogP contribution >= 0.6 is 0 Å². The summed E-state index contributed by atoms with van der Waals surface area (Å²) in [6.07, 6.45) is 1.95. The van der Waals surface area contributed by atoms with Crippen molar-refractivity contribution in [2.75, 3.05) is 6.61 Å². The van der Waals surface area contributed by atoms with E-state index in [0.717, 1.165) is 11.7 Å². The lowest BCUT2D eigenvalue weighted by Crippen LogP contribution is -2.11. The molecule has 0 atom stereocenters. The highest BCUT2D eigenvalue weighted by Gasteiger charge is 2.10. The quantitative estimate of drug-likeness (QED) is 0.726. The Morgan fingerprint density at radius 1 is 1.44 bits per heavy atom. The molecular weight excluding hydrogens is 206 g/mol. The van der Waals surface area contributed by atoms with Gasteiger partial charge in [0.2, 0.25) is 0 Å². The molecule has 0 aliphatic rings. The van der Waals surface area contributed by atoms with Crippen molar-refractivity contribution >= 4 is 23.3 Å². The van der Waals surface area contributed by atoms with Gasteiger partial charge in [-0.1, -0.05) is 12.1 Å². The first-order valence-corrected chi connectivity index (χ1v) is 5.00. The van der Waals surface area contributed by atoms with Gasteiger partial charge in [-0.15, -0.1) is 0 Å². The molecular formula is C12H11NO3. The van der Waals surface area contributed by atoms with Gasteiger partial charge >= 0.3 is 6.09 Å². The lowest BCUT2D eigenvalue weighted by Gasteiger charge is -2.03. The van der Waals surface area contributed by atoms with Crippen LogP contribution < -0.4 is 0 Å². The average molecular weight is 217 g/mol. The maximum absolute atomic E-state index is 11.6. The minimum Gasteiger partial charge on any atom is -0.449 e. The smallest absolute Gasteiger partial charge is 0.418 e. The van der Waals surface area contributed by atoms with E-state index in [-0.39, 0.29) is 0 Å². The molecule has 0 N–H and O–H groups in total. The molecule has 1 aromatic heterocycles. The van der Waals surface area contributed by atoms with Gasteiger partial charge in [-0.2, -0.15) is 0 Å². The van der Waals surface area contributed by atoms with Crippen molar-refractivity contribution in [2.45, 2.75) is 6.92 Å². The van der Waals surface area contributed by atoms with Gasteiger partial charge in [-0.3, -0.25) is 9.36 Å². The third kappa shape index (κ3) is 1.58. The number of carbonyl (C=O) groups excluding carboxylic acids is 2. The molecule has 0 saturated heterocycles. The van der Waals surface area contributed by atoms with Gasteiger partial charge in [-0.05, 0) is 19.1 Å². The minimum absolute atomic E-state index is 0.325. The van der Waals surface area contributed by atoms with Crippen LogP contribution in [0.25, 0.3) is 10.9 Å². The van der Waals surface area contributed by atoms with Crippen molar-refractivity contribution in [2.24, 2.45) is 0 Å². The molecule has 16 heavy (non-hydrogen) atoms. The van der Waals surface area contributed by atoms with E-state index >= 15 is 0 Å². The molecule has 1 aromatic carbocycles. The number of rotatable bonds is 2. The van der Waals surface area contributed by atoms with Crippen LogP contribution in [0.15, 0.2) is 30.5 Å². The Morgan fingerprint density at radius 2 is 2.25 bits per heavy atom. The van der Waals surface area contributed by atoms with E-state index in [4.69, 9.17) is 4.74 Å². The second-order valence-electron chi connectivity index (χ2n) is 3.28. The first-order valence-electron chi connectivity index (χ1n) is 5.00. The predicted molar refractivity (Wildman–Crippen MR) is 59.7 cm³/mol. The molecule has 0 aliphatic carbocycles. The monoisotopic (exact) mass is 217 g/mol. The normalized spacial score (nSPS) is 10.3. The molecule has 1 heterocycles. The van der Waals surface area contributed by atoms with Crippen molar-refractivity contribution in [3.05, 3.63) is 36.0 Å². The summed E-state index contributed by atoms with van der Waals surface area (Å²) in [6.45, 7) is 2.08. The number of carbonyl (C=O) groups is 2. The third-order valence-electron chi connectivity index (χ3n) is 2.36. The van der Waals surface area contributed by atoms with Crippen molar-refractivity contribution in [1.29, 1.82) is 0 Å². The SMILES string of the molecule is CCOC(=O)n1ccc2c(C=O)cccc21. The molecule has 0 saturated carbocycles. The fourth-order valence-corrected chi connectivity index (χ4v) is 1.65. The maximum atomic E-state index is 11.6. The predicted octanol–water partition coefficient (Wildman–Crippen LogP) is 2.46. The first kappa shape index (κ1) is 10.4. The highest BCUT2D eigenvalue weighted by molar-refractivity contribution is 6.00. The zero-order valence-electron chi connectivity index (χ0n) is 8.84. The number of aldehydes is 1. The zero-order chi connectivity index (χ0) is 11.5. The van der Waals surface area contributed by atoms with Gasteiger partial charge in [0.25, 0.3) is 0 Å². The Kier molecular flexibility index (Phi) is 2.72. The topological polar surface area (TPSA) is 48.3 Å². The molecule has 82 valence electrons. The fraction of sp³-hybridized carbons (Fsp3) is 0.167. The first-order chi connectivity index (χ1) is 7.77. The van der Waals surface area contributed by atoms with E-state index in [1.807, 2.05) is 0 Å². The molecule has 0 unspecified atom stereocenters. The number of aromatic nitrogens is 1. The van der Waals surface area contributed by atoms with Gasteiger partial charge < -0.3 is 4.74 Å². The summed E-state index contributed by atoms with van der Waals surface area (Å²) in [5.74, 6) is 0. The zero-order valence-corrected chi connectivity index (χ0v) is 8.84. The summed E-state index contributed by atoms with van der Waals surface area (Å²) in [4.78, 5) is 22.4. The van der Waals surface area contributed by atoms with E-state index in [1.54, 1.807) is 37.4 Å². The van der Waals surface area contributed by atoms with E-state index in [0.29, 0.717) is 17.7 Å². The summed E-state index contributed by atoms with van der Waals surface area (Å²) in [6, 6.07) is 6.96. The van der Waals surface area contributed by atoms with Crippen LogP contribution in [0.4, 0.5) is 4.79 Å². The second kappa shape index (κ2) is 4.18. The highest BCUT2D eigenvalue weighted by atomic mass is 16.5. The summed E-state index contributed by atoms with van der Waals surface area (Å²) in [7, 11) is 0. The van der Waals surface area contributed by atoms with Gasteiger partial charge in [0, 0.05) is 17.1 Å². The van der Waals surface area contributed by atoms with Crippen LogP contribution in [0, 0.1) is 0 Å². The van der Waals surface area contributed by atoms with E-state index in [9.17, 15) is 9.59 Å². The van der Waals surface area contributed by atoms with Crippen LogP contribution in [-0.4, -0.2) is 23.6 Å². The average Bonchev–Trinajstić information content (AvgIpc) is 2.72. The molecule has 2 aromatic rings. The van der Waals surface area contributed by atoms with Crippen LogP contribution in [0.3, 0.4) is 0 Å². The minimum atomic E-state index is -0.430. The summed E-state index contributed by atoms with van der Waals surface area (Å²) < 4.78 is 6.30. The Morgan fingerprint density at radius 3 is 2.94 bits per heavy atom. The van der Waals surface area contributed by atoms with Crippen LogP contribution in [-0.2, 0) is 4.74 Å². The van der Waals surface area contributed by atoms with Gasteiger partial charge in [-0.25, -0.2) is 4.79 Å². The summed E-state index contributed by atoms with van der Waals surface area (Å²) in [5, 5.41) is 0.755. The number of nitrogens with zero attached hydrogens (tertiary/aromatic N) is 1. The molecule has 0 amide bonds. The number of hydrogen-bond acceptors (Lipinski definition) is 3. The second-order valence-corrected chi connectivity index (χ2v) is 3.28. The molecule has 2 rings (SSSR count). The van der Waals surface area contributed by atoms with Crippen molar-refractivity contribution < 1.29 is 14.3 Å². The molecule has 0 aliphatic heterocycles. The Bertz CT molecular complexity index is 542. The van der Waals surface area contributed by atoms with E-state index in [1.165, 1.54) is 4.57 Å². The van der Waals surface area contributed by atoms with E-state index < -0.39 is 6.09 Å². The van der Waals surface area contributed by atoms with Crippen LogP contribution in [0.1, 0.15) is 17.3 Å². The Balaban J connectivity index is 2.57. The van der Waals surface area contributed by atoms with Gasteiger partial charge in [0.15, 0.2) is 6.29 Å². The molecule has 4 heteroatoms. The van der Waals surface area contributed by atoms with Crippen molar-refractivity contribution in [1.82, 2.24) is 4.57 Å². The third-order valence-corrected chi connectivity index (χ3v) is 2.36. The summed E-state index contributed by atoms with van der Waals surface area (Å²) >= 11 is 0. The Labute approximate surface area is 92.4 Å². The largest absolute Gasteiger partial charge is 0.449 e. The fourth-order valence-electron chi connectivity index (χ4n) is 1.65. The number of ether oxygens (including phenoxy) is 1. The number of benzene rings is 1. The van der Waals surface area contributed by atoms with Crippen molar-refractivity contribution in [3.8, 4) is 0 Å².